The van der Waals surface area contributed by atoms with Crippen molar-refractivity contribution < 1.29 is 14.3 Å². The molecule has 1 saturated heterocycles. The number of amides is 3. The maximum absolute atomic E-state index is 12.6. The first-order valence-corrected chi connectivity index (χ1v) is 8.85. The first-order valence-electron chi connectivity index (χ1n) is 8.85. The van der Waals surface area contributed by atoms with E-state index in [0.29, 0.717) is 24.5 Å². The van der Waals surface area contributed by atoms with Crippen LogP contribution >= 0.6 is 0 Å². The van der Waals surface area contributed by atoms with Crippen LogP contribution in [0.25, 0.3) is 0 Å². The molecule has 0 spiro atoms. The highest BCUT2D eigenvalue weighted by Gasteiger charge is 2.39. The molecule has 1 heterocycles. The molecule has 1 saturated carbocycles. The van der Waals surface area contributed by atoms with E-state index in [1.54, 1.807) is 17.0 Å². The maximum Gasteiger partial charge on any atom is 0.414 e. The quantitative estimate of drug-likeness (QED) is 0.879. The second kappa shape index (κ2) is 6.71. The molecule has 3 amide bonds. The van der Waals surface area contributed by atoms with E-state index in [1.807, 2.05) is 30.3 Å². The van der Waals surface area contributed by atoms with Crippen LogP contribution in [0.5, 0.6) is 0 Å². The number of nitrogens with zero attached hydrogens (tertiary/aromatic N) is 1. The molecule has 6 nitrogen and oxygen atoms in total. The monoisotopic (exact) mass is 351 g/mol. The van der Waals surface area contributed by atoms with E-state index in [1.165, 1.54) is 0 Å². The van der Waals surface area contributed by atoms with Crippen LogP contribution in [0, 0.1) is 0 Å². The summed E-state index contributed by atoms with van der Waals surface area (Å²) in [6, 6.07) is 17.1. The van der Waals surface area contributed by atoms with Crippen molar-refractivity contribution in [1.29, 1.82) is 0 Å². The predicted molar refractivity (Wildman–Crippen MR) is 99.3 cm³/mol. The number of ether oxygens (including phenoxy) is 1. The van der Waals surface area contributed by atoms with Gasteiger partial charge in [-0.15, -0.1) is 0 Å². The highest BCUT2D eigenvalue weighted by Crippen LogP contribution is 2.41. The molecule has 2 fully saturated rings. The summed E-state index contributed by atoms with van der Waals surface area (Å²) in [5, 5.41) is 6.02. The van der Waals surface area contributed by atoms with Gasteiger partial charge in [-0.2, -0.15) is 0 Å². The standard InChI is InChI=1S/C20H21N3O3/c24-18(22-20(10-5-11-20)15-6-2-1-3-7-15)21-16-8-4-9-17(14-16)23-12-13-26-19(23)25/h1-4,6-9,14H,5,10-13H2,(H2,21,22,24). The molecule has 2 aliphatic rings. The Labute approximate surface area is 152 Å². The smallest absolute Gasteiger partial charge is 0.414 e. The molecule has 2 aromatic carbocycles. The minimum atomic E-state index is -0.357. The number of benzene rings is 2. The van der Waals surface area contributed by atoms with E-state index in [4.69, 9.17) is 4.74 Å². The average molecular weight is 351 g/mol. The molecule has 26 heavy (non-hydrogen) atoms. The Balaban J connectivity index is 1.46. The Kier molecular flexibility index (Phi) is 4.24. The van der Waals surface area contributed by atoms with Gasteiger partial charge in [-0.05, 0) is 43.0 Å². The van der Waals surface area contributed by atoms with E-state index < -0.39 is 0 Å². The number of carbonyl (C=O) groups is 2. The number of urea groups is 1. The molecule has 0 aromatic heterocycles. The van der Waals surface area contributed by atoms with Gasteiger partial charge in [-0.1, -0.05) is 36.4 Å². The minimum Gasteiger partial charge on any atom is -0.447 e. The van der Waals surface area contributed by atoms with Crippen molar-refractivity contribution in [3.05, 3.63) is 60.2 Å². The van der Waals surface area contributed by atoms with E-state index in [2.05, 4.69) is 22.8 Å². The van der Waals surface area contributed by atoms with Crippen LogP contribution in [0.2, 0.25) is 0 Å². The molecule has 6 heteroatoms. The lowest BCUT2D eigenvalue weighted by Crippen LogP contribution is -2.52. The van der Waals surface area contributed by atoms with E-state index in [-0.39, 0.29) is 17.7 Å². The first-order chi connectivity index (χ1) is 12.7. The van der Waals surface area contributed by atoms with Crippen LogP contribution in [0.3, 0.4) is 0 Å². The molecular formula is C20H21N3O3. The number of cyclic esters (lactones) is 1. The fourth-order valence-electron chi connectivity index (χ4n) is 3.53. The molecule has 1 aliphatic heterocycles. The van der Waals surface area contributed by atoms with Crippen molar-refractivity contribution in [2.45, 2.75) is 24.8 Å². The van der Waals surface area contributed by atoms with Gasteiger partial charge in [0.1, 0.15) is 6.61 Å². The van der Waals surface area contributed by atoms with Gasteiger partial charge >= 0.3 is 12.1 Å². The highest BCUT2D eigenvalue weighted by atomic mass is 16.6. The van der Waals surface area contributed by atoms with Gasteiger partial charge in [0.2, 0.25) is 0 Å². The summed E-state index contributed by atoms with van der Waals surface area (Å²) in [6.45, 7) is 0.905. The first kappa shape index (κ1) is 16.4. The van der Waals surface area contributed by atoms with Gasteiger partial charge in [-0.25, -0.2) is 9.59 Å². The SMILES string of the molecule is O=C(Nc1cccc(N2CCOC2=O)c1)NC1(c2ccccc2)CCC1. The molecule has 0 bridgehead atoms. The number of nitrogens with one attached hydrogen (secondary N) is 2. The van der Waals surface area contributed by atoms with Crippen LogP contribution < -0.4 is 15.5 Å². The molecule has 0 atom stereocenters. The fourth-order valence-corrected chi connectivity index (χ4v) is 3.53. The molecule has 2 N–H and O–H groups in total. The van der Waals surface area contributed by atoms with Crippen LogP contribution in [-0.4, -0.2) is 25.3 Å². The van der Waals surface area contributed by atoms with Crippen molar-refractivity contribution in [2.24, 2.45) is 0 Å². The minimum absolute atomic E-state index is 0.241. The van der Waals surface area contributed by atoms with Crippen LogP contribution in [0.4, 0.5) is 21.0 Å². The topological polar surface area (TPSA) is 70.7 Å². The van der Waals surface area contributed by atoms with Gasteiger partial charge in [0, 0.05) is 11.4 Å². The number of rotatable bonds is 4. The molecule has 4 rings (SSSR count). The van der Waals surface area contributed by atoms with Crippen molar-refractivity contribution >= 4 is 23.5 Å². The summed E-state index contributed by atoms with van der Waals surface area (Å²) in [5.74, 6) is 0. The van der Waals surface area contributed by atoms with Crippen molar-refractivity contribution in [2.75, 3.05) is 23.4 Å². The Morgan fingerprint density at radius 1 is 1.08 bits per heavy atom. The van der Waals surface area contributed by atoms with Crippen LogP contribution in [-0.2, 0) is 10.3 Å². The predicted octanol–water partition coefficient (Wildman–Crippen LogP) is 3.84. The lowest BCUT2D eigenvalue weighted by Gasteiger charge is -2.43. The normalized spacial score (nSPS) is 18.0. The van der Waals surface area contributed by atoms with Gasteiger partial charge in [-0.3, -0.25) is 4.90 Å². The number of carbonyl (C=O) groups excluding carboxylic acids is 2. The highest BCUT2D eigenvalue weighted by molar-refractivity contribution is 5.93. The second-order valence-electron chi connectivity index (χ2n) is 6.70. The van der Waals surface area contributed by atoms with Crippen molar-refractivity contribution in [3.8, 4) is 0 Å². The fraction of sp³-hybridized carbons (Fsp3) is 0.300. The Morgan fingerprint density at radius 2 is 1.88 bits per heavy atom. The molecular weight excluding hydrogens is 330 g/mol. The Bertz CT molecular complexity index is 818. The van der Waals surface area contributed by atoms with Gasteiger partial charge in [0.25, 0.3) is 0 Å². The summed E-state index contributed by atoms with van der Waals surface area (Å²) in [5.41, 5.74) is 2.20. The summed E-state index contributed by atoms with van der Waals surface area (Å²) in [7, 11) is 0. The maximum atomic E-state index is 12.6. The summed E-state index contributed by atoms with van der Waals surface area (Å²) < 4.78 is 4.97. The largest absolute Gasteiger partial charge is 0.447 e. The Hall–Kier alpha value is -3.02. The Morgan fingerprint density at radius 3 is 2.54 bits per heavy atom. The third-order valence-corrected chi connectivity index (χ3v) is 5.06. The summed E-state index contributed by atoms with van der Waals surface area (Å²) in [6.07, 6.45) is 2.61. The average Bonchev–Trinajstić information content (AvgIpc) is 3.05. The van der Waals surface area contributed by atoms with E-state index >= 15 is 0 Å². The molecule has 134 valence electrons. The molecule has 1 aliphatic carbocycles. The van der Waals surface area contributed by atoms with Crippen LogP contribution in [0.1, 0.15) is 24.8 Å². The molecule has 0 radical (unpaired) electrons. The number of hydrogen-bond donors (Lipinski definition) is 2. The number of anilines is 2. The summed E-state index contributed by atoms with van der Waals surface area (Å²) in [4.78, 5) is 25.8. The lowest BCUT2D eigenvalue weighted by atomic mass is 9.72. The van der Waals surface area contributed by atoms with Gasteiger partial charge in [0.05, 0.1) is 12.1 Å². The lowest BCUT2D eigenvalue weighted by molar-refractivity contribution is 0.181. The third-order valence-electron chi connectivity index (χ3n) is 5.06. The van der Waals surface area contributed by atoms with Crippen molar-refractivity contribution in [3.63, 3.8) is 0 Å². The third kappa shape index (κ3) is 3.10. The molecule has 2 aromatic rings. The van der Waals surface area contributed by atoms with Crippen molar-refractivity contribution in [1.82, 2.24) is 5.32 Å². The zero-order chi connectivity index (χ0) is 18.0. The van der Waals surface area contributed by atoms with Crippen LogP contribution in [0.15, 0.2) is 54.6 Å². The number of hydrogen-bond acceptors (Lipinski definition) is 3. The molecule has 0 unspecified atom stereocenters. The van der Waals surface area contributed by atoms with Gasteiger partial charge in [0.15, 0.2) is 0 Å². The zero-order valence-electron chi connectivity index (χ0n) is 14.4. The van der Waals surface area contributed by atoms with Gasteiger partial charge < -0.3 is 15.4 Å². The summed E-state index contributed by atoms with van der Waals surface area (Å²) >= 11 is 0. The van der Waals surface area contributed by atoms with E-state index in [0.717, 1.165) is 24.8 Å². The second-order valence-corrected chi connectivity index (χ2v) is 6.70. The zero-order valence-corrected chi connectivity index (χ0v) is 14.4. The van der Waals surface area contributed by atoms with E-state index in [9.17, 15) is 9.59 Å².